The summed E-state index contributed by atoms with van der Waals surface area (Å²) in [7, 11) is 3.37. The summed E-state index contributed by atoms with van der Waals surface area (Å²) in [6.07, 6.45) is 0.170. The van der Waals surface area contributed by atoms with Crippen LogP contribution in [-0.2, 0) is 22.7 Å². The fourth-order valence-electron chi connectivity index (χ4n) is 1.53. The number of hydrogen-bond donors (Lipinski definition) is 0. The minimum Gasteiger partial charge on any atom is -0.491 e. The summed E-state index contributed by atoms with van der Waals surface area (Å²) in [4.78, 5) is 0. The van der Waals surface area contributed by atoms with Crippen LogP contribution in [0, 0.1) is 0 Å². The lowest BCUT2D eigenvalue weighted by Crippen LogP contribution is -2.08. The maximum absolute atomic E-state index is 5.71. The lowest BCUT2D eigenvalue weighted by Gasteiger charge is -2.15. The van der Waals surface area contributed by atoms with Crippen molar-refractivity contribution in [2.24, 2.45) is 0 Å². The van der Waals surface area contributed by atoms with Crippen molar-refractivity contribution in [3.8, 4) is 5.75 Å². The van der Waals surface area contributed by atoms with E-state index in [-0.39, 0.29) is 6.10 Å². The first-order valence-electron chi connectivity index (χ1n) is 5.43. The smallest absolute Gasteiger partial charge is 0.125 e. The largest absolute Gasteiger partial charge is 0.491 e. The first-order valence-corrected chi connectivity index (χ1v) is 5.43. The van der Waals surface area contributed by atoms with E-state index in [9.17, 15) is 0 Å². The number of benzene rings is 1. The summed E-state index contributed by atoms with van der Waals surface area (Å²) in [5, 5.41) is 0. The van der Waals surface area contributed by atoms with Gasteiger partial charge in [0.05, 0.1) is 19.3 Å². The zero-order chi connectivity index (χ0) is 12.0. The molecule has 0 amide bonds. The van der Waals surface area contributed by atoms with E-state index < -0.39 is 0 Å². The van der Waals surface area contributed by atoms with Crippen molar-refractivity contribution < 1.29 is 14.2 Å². The fourth-order valence-corrected chi connectivity index (χ4v) is 1.53. The second-order valence-corrected chi connectivity index (χ2v) is 3.97. The van der Waals surface area contributed by atoms with E-state index in [0.717, 1.165) is 16.9 Å². The molecular weight excluding hydrogens is 204 g/mol. The molecule has 0 unspecified atom stereocenters. The van der Waals surface area contributed by atoms with Crippen molar-refractivity contribution in [2.75, 3.05) is 14.2 Å². The summed E-state index contributed by atoms with van der Waals surface area (Å²) in [6, 6.07) is 6.05. The summed E-state index contributed by atoms with van der Waals surface area (Å²) < 4.78 is 16.0. The molecule has 0 radical (unpaired) electrons. The van der Waals surface area contributed by atoms with Gasteiger partial charge in [0, 0.05) is 19.8 Å². The molecule has 0 atom stereocenters. The van der Waals surface area contributed by atoms with Crippen molar-refractivity contribution >= 4 is 0 Å². The molecule has 1 aromatic rings. The third-order valence-electron chi connectivity index (χ3n) is 2.10. The minimum absolute atomic E-state index is 0.170. The second-order valence-electron chi connectivity index (χ2n) is 3.97. The molecule has 0 saturated carbocycles. The molecule has 0 aromatic heterocycles. The van der Waals surface area contributed by atoms with Crippen molar-refractivity contribution in [3.63, 3.8) is 0 Å². The molecule has 0 aliphatic carbocycles. The van der Waals surface area contributed by atoms with Gasteiger partial charge in [-0.05, 0) is 31.5 Å². The molecule has 0 aliphatic heterocycles. The van der Waals surface area contributed by atoms with E-state index in [2.05, 4.69) is 6.07 Å². The average molecular weight is 224 g/mol. The van der Waals surface area contributed by atoms with Crippen molar-refractivity contribution in [1.82, 2.24) is 0 Å². The zero-order valence-corrected chi connectivity index (χ0v) is 10.4. The Balaban J connectivity index is 2.89. The summed E-state index contributed by atoms with van der Waals surface area (Å²) in [6.45, 7) is 5.19. The zero-order valence-electron chi connectivity index (χ0n) is 10.4. The molecule has 1 rings (SSSR count). The number of methoxy groups -OCH3 is 2. The van der Waals surface area contributed by atoms with Gasteiger partial charge in [-0.3, -0.25) is 0 Å². The van der Waals surface area contributed by atoms with Gasteiger partial charge in [0.2, 0.25) is 0 Å². The van der Waals surface area contributed by atoms with Gasteiger partial charge in [-0.1, -0.05) is 6.07 Å². The van der Waals surface area contributed by atoms with Crippen LogP contribution in [0.1, 0.15) is 25.0 Å². The second kappa shape index (κ2) is 6.51. The molecule has 3 heteroatoms. The van der Waals surface area contributed by atoms with Gasteiger partial charge in [0.1, 0.15) is 5.75 Å². The molecule has 0 saturated heterocycles. The Morgan fingerprint density at radius 3 is 2.31 bits per heavy atom. The number of ether oxygens (including phenoxy) is 3. The highest BCUT2D eigenvalue weighted by Crippen LogP contribution is 2.22. The Labute approximate surface area is 97.3 Å². The maximum Gasteiger partial charge on any atom is 0.125 e. The van der Waals surface area contributed by atoms with E-state index in [1.807, 2.05) is 26.0 Å². The molecule has 90 valence electrons. The van der Waals surface area contributed by atoms with Crippen LogP contribution in [-0.4, -0.2) is 20.3 Å². The topological polar surface area (TPSA) is 27.7 Å². The van der Waals surface area contributed by atoms with Crippen LogP contribution >= 0.6 is 0 Å². The third kappa shape index (κ3) is 3.83. The maximum atomic E-state index is 5.71. The highest BCUT2D eigenvalue weighted by Gasteiger charge is 2.06. The molecule has 0 bridgehead atoms. The van der Waals surface area contributed by atoms with Crippen molar-refractivity contribution in [3.05, 3.63) is 29.3 Å². The highest BCUT2D eigenvalue weighted by atomic mass is 16.5. The molecule has 0 aliphatic rings. The standard InChI is InChI=1S/C13H20O3/c1-10(2)16-13-6-5-11(8-14-3)7-12(13)9-15-4/h5-7,10H,8-9H2,1-4H3. The monoisotopic (exact) mass is 224 g/mol. The SMILES string of the molecule is COCc1ccc(OC(C)C)c(COC)c1. The Morgan fingerprint density at radius 1 is 1.06 bits per heavy atom. The molecule has 16 heavy (non-hydrogen) atoms. The van der Waals surface area contributed by atoms with Crippen LogP contribution in [0.25, 0.3) is 0 Å². The van der Waals surface area contributed by atoms with Crippen LogP contribution in [0.4, 0.5) is 0 Å². The molecule has 0 N–H and O–H groups in total. The van der Waals surface area contributed by atoms with Gasteiger partial charge in [0.15, 0.2) is 0 Å². The van der Waals surface area contributed by atoms with Crippen LogP contribution in [0.15, 0.2) is 18.2 Å². The molecular formula is C13H20O3. The highest BCUT2D eigenvalue weighted by molar-refractivity contribution is 5.37. The van der Waals surface area contributed by atoms with Gasteiger partial charge in [-0.15, -0.1) is 0 Å². The normalized spacial score (nSPS) is 10.8. The molecule has 1 aromatic carbocycles. The van der Waals surface area contributed by atoms with Gasteiger partial charge >= 0.3 is 0 Å². The summed E-state index contributed by atoms with van der Waals surface area (Å²) in [5.74, 6) is 0.886. The van der Waals surface area contributed by atoms with E-state index in [4.69, 9.17) is 14.2 Å². The quantitative estimate of drug-likeness (QED) is 0.743. The summed E-state index contributed by atoms with van der Waals surface area (Å²) in [5.41, 5.74) is 2.19. The molecule has 0 heterocycles. The molecule has 0 fully saturated rings. The van der Waals surface area contributed by atoms with Crippen LogP contribution in [0.3, 0.4) is 0 Å². The van der Waals surface area contributed by atoms with E-state index in [1.54, 1.807) is 14.2 Å². The first-order chi connectivity index (χ1) is 7.67. The Bertz CT molecular complexity index is 321. The van der Waals surface area contributed by atoms with Crippen molar-refractivity contribution in [1.29, 1.82) is 0 Å². The van der Waals surface area contributed by atoms with Gasteiger partial charge in [0.25, 0.3) is 0 Å². The van der Waals surface area contributed by atoms with Crippen LogP contribution in [0.2, 0.25) is 0 Å². The lowest BCUT2D eigenvalue weighted by atomic mass is 10.1. The van der Waals surface area contributed by atoms with Gasteiger partial charge < -0.3 is 14.2 Å². The van der Waals surface area contributed by atoms with Crippen molar-refractivity contribution in [2.45, 2.75) is 33.2 Å². The van der Waals surface area contributed by atoms with Crippen LogP contribution in [0.5, 0.6) is 5.75 Å². The Morgan fingerprint density at radius 2 is 1.75 bits per heavy atom. The predicted octanol–water partition coefficient (Wildman–Crippen LogP) is 2.77. The summed E-state index contributed by atoms with van der Waals surface area (Å²) >= 11 is 0. The Hall–Kier alpha value is -1.06. The lowest BCUT2D eigenvalue weighted by molar-refractivity contribution is 0.172. The number of rotatable bonds is 6. The molecule has 0 spiro atoms. The first kappa shape index (κ1) is 13.0. The number of hydrogen-bond acceptors (Lipinski definition) is 3. The molecule has 3 nitrogen and oxygen atoms in total. The Kier molecular flexibility index (Phi) is 5.29. The van der Waals surface area contributed by atoms with E-state index in [0.29, 0.717) is 13.2 Å². The van der Waals surface area contributed by atoms with E-state index in [1.165, 1.54) is 0 Å². The fraction of sp³-hybridized carbons (Fsp3) is 0.538. The average Bonchev–Trinajstić information content (AvgIpc) is 2.22. The van der Waals surface area contributed by atoms with Crippen LogP contribution < -0.4 is 4.74 Å². The van der Waals surface area contributed by atoms with Gasteiger partial charge in [-0.2, -0.15) is 0 Å². The minimum atomic E-state index is 0.170. The van der Waals surface area contributed by atoms with E-state index >= 15 is 0 Å². The third-order valence-corrected chi connectivity index (χ3v) is 2.10. The predicted molar refractivity (Wildman–Crippen MR) is 63.6 cm³/mol. The van der Waals surface area contributed by atoms with Gasteiger partial charge in [-0.25, -0.2) is 0 Å².